The third-order valence-electron chi connectivity index (χ3n) is 4.18. The van der Waals surface area contributed by atoms with Gasteiger partial charge in [-0.15, -0.1) is 0 Å². The molecule has 4 heteroatoms. The molecule has 2 N–H and O–H groups in total. The Morgan fingerprint density at radius 2 is 1.71 bits per heavy atom. The average Bonchev–Trinajstić information content (AvgIpc) is 3.03. The van der Waals surface area contributed by atoms with E-state index in [0.717, 1.165) is 56.1 Å². The van der Waals surface area contributed by atoms with Crippen molar-refractivity contribution in [2.24, 2.45) is 10.8 Å². The Kier molecular flexibility index (Phi) is 5.49. The lowest BCUT2D eigenvalue weighted by Crippen LogP contribution is -2.34. The van der Waals surface area contributed by atoms with Crippen LogP contribution in [0, 0.1) is 0 Å². The summed E-state index contributed by atoms with van der Waals surface area (Å²) in [5.41, 5.74) is 3.64. The maximum Gasteiger partial charge on any atom is 0.145 e. The van der Waals surface area contributed by atoms with Crippen molar-refractivity contribution in [3.05, 3.63) is 65.2 Å². The second-order valence-electron chi connectivity index (χ2n) is 6.12. The SMILES string of the molecule is CCCCOc1ccc(Cc2ccc(C3=NCCN3N)cc2)cc1. The lowest BCUT2D eigenvalue weighted by atomic mass is 10.0. The smallest absolute Gasteiger partial charge is 0.145 e. The summed E-state index contributed by atoms with van der Waals surface area (Å²) >= 11 is 0. The van der Waals surface area contributed by atoms with Crippen molar-refractivity contribution in [2.75, 3.05) is 19.7 Å². The maximum absolute atomic E-state index is 5.92. The monoisotopic (exact) mass is 323 g/mol. The summed E-state index contributed by atoms with van der Waals surface area (Å²) in [6, 6.07) is 16.9. The molecule has 1 heterocycles. The largest absolute Gasteiger partial charge is 0.494 e. The molecule has 0 unspecified atom stereocenters. The minimum absolute atomic E-state index is 0.778. The third-order valence-corrected chi connectivity index (χ3v) is 4.18. The number of hydrogen-bond acceptors (Lipinski definition) is 4. The molecule has 1 aliphatic heterocycles. The molecule has 0 atom stereocenters. The molecule has 0 amide bonds. The first kappa shape index (κ1) is 16.5. The van der Waals surface area contributed by atoms with E-state index in [-0.39, 0.29) is 0 Å². The second kappa shape index (κ2) is 7.97. The molecule has 2 aromatic rings. The molecule has 1 aliphatic rings. The number of amidine groups is 1. The molecule has 4 nitrogen and oxygen atoms in total. The number of unbranched alkanes of at least 4 members (excludes halogenated alkanes) is 1. The van der Waals surface area contributed by atoms with Crippen LogP contribution >= 0.6 is 0 Å². The Morgan fingerprint density at radius 3 is 2.29 bits per heavy atom. The van der Waals surface area contributed by atoms with E-state index in [4.69, 9.17) is 10.6 Å². The summed E-state index contributed by atoms with van der Waals surface area (Å²) in [7, 11) is 0. The topological polar surface area (TPSA) is 50.8 Å². The Bertz CT molecular complexity index is 677. The first-order chi connectivity index (χ1) is 11.8. The van der Waals surface area contributed by atoms with Crippen LogP contribution in [0.15, 0.2) is 53.5 Å². The van der Waals surface area contributed by atoms with E-state index < -0.39 is 0 Å². The molecule has 0 bridgehead atoms. The van der Waals surface area contributed by atoms with Gasteiger partial charge in [0, 0.05) is 5.56 Å². The van der Waals surface area contributed by atoms with Crippen molar-refractivity contribution in [3.8, 4) is 5.75 Å². The van der Waals surface area contributed by atoms with Gasteiger partial charge < -0.3 is 4.74 Å². The fourth-order valence-corrected chi connectivity index (χ4v) is 2.76. The van der Waals surface area contributed by atoms with Gasteiger partial charge in [-0.05, 0) is 36.1 Å². The molecule has 0 fully saturated rings. The molecule has 0 spiro atoms. The fraction of sp³-hybridized carbons (Fsp3) is 0.350. The molecule has 0 aromatic heterocycles. The number of rotatable bonds is 7. The minimum atomic E-state index is 0.778. The van der Waals surface area contributed by atoms with Crippen LogP contribution in [-0.4, -0.2) is 30.5 Å². The molecular formula is C20H25N3O. The van der Waals surface area contributed by atoms with Gasteiger partial charge in [0.1, 0.15) is 11.6 Å². The molecule has 126 valence electrons. The van der Waals surface area contributed by atoms with Crippen LogP contribution in [0.3, 0.4) is 0 Å². The minimum Gasteiger partial charge on any atom is -0.494 e. The fourth-order valence-electron chi connectivity index (χ4n) is 2.76. The lowest BCUT2D eigenvalue weighted by Gasteiger charge is -2.13. The van der Waals surface area contributed by atoms with Gasteiger partial charge in [-0.25, -0.2) is 5.84 Å². The van der Waals surface area contributed by atoms with Gasteiger partial charge in [0.2, 0.25) is 0 Å². The van der Waals surface area contributed by atoms with Gasteiger partial charge in [-0.2, -0.15) is 0 Å². The van der Waals surface area contributed by atoms with Gasteiger partial charge in [0.25, 0.3) is 0 Å². The van der Waals surface area contributed by atoms with E-state index in [1.807, 2.05) is 0 Å². The molecule has 0 aliphatic carbocycles. The number of benzene rings is 2. The van der Waals surface area contributed by atoms with Crippen molar-refractivity contribution in [3.63, 3.8) is 0 Å². The van der Waals surface area contributed by atoms with Crippen LogP contribution in [0.1, 0.15) is 36.5 Å². The summed E-state index contributed by atoms with van der Waals surface area (Å²) in [6.07, 6.45) is 3.16. The van der Waals surface area contributed by atoms with Crippen molar-refractivity contribution in [1.29, 1.82) is 0 Å². The van der Waals surface area contributed by atoms with Crippen LogP contribution in [0.5, 0.6) is 5.75 Å². The highest BCUT2D eigenvalue weighted by molar-refractivity contribution is 5.99. The van der Waals surface area contributed by atoms with Gasteiger partial charge >= 0.3 is 0 Å². The summed E-state index contributed by atoms with van der Waals surface area (Å²) in [5.74, 6) is 7.75. The number of nitrogens with two attached hydrogens (primary N) is 1. The Balaban J connectivity index is 1.59. The summed E-state index contributed by atoms with van der Waals surface area (Å²) < 4.78 is 5.70. The highest BCUT2D eigenvalue weighted by atomic mass is 16.5. The van der Waals surface area contributed by atoms with Gasteiger partial charge in [0.05, 0.1) is 19.7 Å². The van der Waals surface area contributed by atoms with Crippen molar-refractivity contribution < 1.29 is 4.74 Å². The van der Waals surface area contributed by atoms with E-state index in [1.165, 1.54) is 11.1 Å². The number of hydrogen-bond donors (Lipinski definition) is 1. The number of hydrazine groups is 1. The van der Waals surface area contributed by atoms with Gasteiger partial charge in [0.15, 0.2) is 0 Å². The zero-order chi connectivity index (χ0) is 16.8. The quantitative estimate of drug-likeness (QED) is 0.628. The molecule has 24 heavy (non-hydrogen) atoms. The number of aliphatic imine (C=N–C) groups is 1. The van der Waals surface area contributed by atoms with Crippen molar-refractivity contribution in [2.45, 2.75) is 26.2 Å². The summed E-state index contributed by atoms with van der Waals surface area (Å²) in [4.78, 5) is 4.44. The zero-order valence-corrected chi connectivity index (χ0v) is 14.2. The maximum atomic E-state index is 5.92. The highest BCUT2D eigenvalue weighted by Crippen LogP contribution is 2.17. The van der Waals surface area contributed by atoms with E-state index in [9.17, 15) is 0 Å². The Labute approximate surface area is 143 Å². The van der Waals surface area contributed by atoms with Crippen LogP contribution in [0.25, 0.3) is 0 Å². The van der Waals surface area contributed by atoms with Gasteiger partial charge in [-0.1, -0.05) is 49.7 Å². The Morgan fingerprint density at radius 1 is 1.04 bits per heavy atom. The second-order valence-corrected chi connectivity index (χ2v) is 6.12. The molecule has 0 radical (unpaired) electrons. The first-order valence-corrected chi connectivity index (χ1v) is 8.64. The normalized spacial score (nSPS) is 13.9. The van der Waals surface area contributed by atoms with Gasteiger partial charge in [-0.3, -0.25) is 10.0 Å². The van der Waals surface area contributed by atoms with Crippen LogP contribution in [0.4, 0.5) is 0 Å². The van der Waals surface area contributed by atoms with Crippen LogP contribution < -0.4 is 10.6 Å². The highest BCUT2D eigenvalue weighted by Gasteiger charge is 2.14. The van der Waals surface area contributed by atoms with E-state index in [2.05, 4.69) is 60.4 Å². The van der Waals surface area contributed by atoms with Crippen LogP contribution in [-0.2, 0) is 6.42 Å². The first-order valence-electron chi connectivity index (χ1n) is 8.64. The third kappa shape index (κ3) is 4.15. The number of ether oxygens (including phenoxy) is 1. The lowest BCUT2D eigenvalue weighted by molar-refractivity contribution is 0.309. The zero-order valence-electron chi connectivity index (χ0n) is 14.2. The van der Waals surface area contributed by atoms with Crippen LogP contribution in [0.2, 0.25) is 0 Å². The molecule has 2 aromatic carbocycles. The standard InChI is InChI=1S/C20H25N3O/c1-2-3-14-24-19-10-6-17(7-11-19)15-16-4-8-18(9-5-16)20-22-12-13-23(20)21/h4-11H,2-3,12-15,21H2,1H3. The summed E-state index contributed by atoms with van der Waals surface area (Å²) in [5, 5.41) is 1.71. The average molecular weight is 323 g/mol. The van der Waals surface area contributed by atoms with Crippen molar-refractivity contribution >= 4 is 5.84 Å². The predicted octanol–water partition coefficient (Wildman–Crippen LogP) is 3.39. The molecule has 3 rings (SSSR count). The molecule has 0 saturated heterocycles. The van der Waals surface area contributed by atoms with Crippen molar-refractivity contribution in [1.82, 2.24) is 5.01 Å². The molecular weight excluding hydrogens is 298 g/mol. The molecule has 0 saturated carbocycles. The Hall–Kier alpha value is -2.33. The summed E-state index contributed by atoms with van der Waals surface area (Å²) in [6.45, 7) is 4.53. The van der Waals surface area contributed by atoms with E-state index >= 15 is 0 Å². The predicted molar refractivity (Wildman–Crippen MR) is 98.4 cm³/mol. The van der Waals surface area contributed by atoms with E-state index in [1.54, 1.807) is 5.01 Å². The van der Waals surface area contributed by atoms with E-state index in [0.29, 0.717) is 0 Å². The number of nitrogens with zero attached hydrogens (tertiary/aromatic N) is 2.